The quantitative estimate of drug-likeness (QED) is 0.107. The number of rotatable bonds is 15. The third kappa shape index (κ3) is 8.61. The number of quaternary nitrogens is 1. The molecule has 47 heavy (non-hydrogen) atoms. The number of Topliss-reactive ketones (excluding diaryl/α,β-unsaturated/α-hetero) is 2. The zero-order valence-corrected chi connectivity index (χ0v) is 28.1. The third-order valence-corrected chi connectivity index (χ3v) is 8.96. The van der Waals surface area contributed by atoms with Crippen molar-refractivity contribution < 1.29 is 54.3 Å². The summed E-state index contributed by atoms with van der Waals surface area (Å²) in [5.41, 5.74) is 2.54. The van der Waals surface area contributed by atoms with E-state index in [1.807, 2.05) is 0 Å². The fraction of sp³-hybridized carbons (Fsp3) is 0.417. The molecule has 5 rings (SSSR count). The van der Waals surface area contributed by atoms with Crippen molar-refractivity contribution in [1.29, 1.82) is 0 Å². The van der Waals surface area contributed by atoms with Crippen LogP contribution in [0, 0.1) is 5.82 Å². The van der Waals surface area contributed by atoms with Crippen molar-refractivity contribution in [2.24, 2.45) is 0 Å². The molecule has 4 aromatic rings. The van der Waals surface area contributed by atoms with E-state index in [2.05, 4.69) is 5.16 Å². The van der Waals surface area contributed by atoms with Crippen molar-refractivity contribution in [3.63, 3.8) is 0 Å². The lowest BCUT2D eigenvalue weighted by Crippen LogP contribution is -3.00. The van der Waals surface area contributed by atoms with Crippen molar-refractivity contribution in [3.05, 3.63) is 77.2 Å². The summed E-state index contributed by atoms with van der Waals surface area (Å²) in [6.07, 6.45) is 3.52. The van der Waals surface area contributed by atoms with Gasteiger partial charge in [0, 0.05) is 54.2 Å². The first-order valence-electron chi connectivity index (χ1n) is 15.8. The number of benzene rings is 3. The van der Waals surface area contributed by atoms with Gasteiger partial charge in [-0.05, 0) is 62.4 Å². The molecular weight excluding hydrogens is 627 g/mol. The number of nitrogens with zero attached hydrogens (tertiary/aromatic N) is 2. The second-order valence-corrected chi connectivity index (χ2v) is 12.0. The highest BCUT2D eigenvalue weighted by Gasteiger charge is 2.35. The summed E-state index contributed by atoms with van der Waals surface area (Å²) in [5.74, 6) is 2.16. The number of methoxy groups -OCH3 is 2. The first-order chi connectivity index (χ1) is 22.2. The number of ketones is 2. The number of hydrogen-bond donors (Lipinski definition) is 0. The van der Waals surface area contributed by atoms with E-state index < -0.39 is 0 Å². The van der Waals surface area contributed by atoms with Gasteiger partial charge < -0.3 is 40.4 Å². The molecule has 2 heterocycles. The Hall–Kier alpha value is -4.15. The molecule has 1 aliphatic rings. The number of hydrogen-bond acceptors (Lipinski definition) is 8. The summed E-state index contributed by atoms with van der Waals surface area (Å²) in [5, 5.41) is 5.22. The fourth-order valence-corrected chi connectivity index (χ4v) is 6.35. The molecular formula is C36H42ClFN2O7. The van der Waals surface area contributed by atoms with Gasteiger partial charge in [0.05, 0.1) is 59.3 Å². The van der Waals surface area contributed by atoms with Gasteiger partial charge in [-0.1, -0.05) is 5.16 Å². The van der Waals surface area contributed by atoms with Gasteiger partial charge in [-0.2, -0.15) is 0 Å². The molecule has 0 radical (unpaired) electrons. The second kappa shape index (κ2) is 16.1. The molecule has 11 heteroatoms. The predicted octanol–water partition coefficient (Wildman–Crippen LogP) is 4.03. The molecule has 0 aliphatic carbocycles. The van der Waals surface area contributed by atoms with E-state index in [9.17, 15) is 14.0 Å². The highest BCUT2D eigenvalue weighted by molar-refractivity contribution is 5.95. The molecule has 0 spiro atoms. The van der Waals surface area contributed by atoms with Crippen LogP contribution >= 0.6 is 0 Å². The molecule has 1 aliphatic heterocycles. The number of ether oxygens (including phenoxy) is 4. The van der Waals surface area contributed by atoms with Crippen LogP contribution in [0.5, 0.6) is 23.0 Å². The Morgan fingerprint density at radius 1 is 0.809 bits per heavy atom. The predicted molar refractivity (Wildman–Crippen MR) is 172 cm³/mol. The van der Waals surface area contributed by atoms with Crippen LogP contribution < -0.4 is 31.4 Å². The molecule has 1 aromatic heterocycles. The maximum Gasteiger partial charge on any atom is 0.170 e. The van der Waals surface area contributed by atoms with E-state index in [0.29, 0.717) is 52.9 Å². The van der Waals surface area contributed by atoms with E-state index in [0.717, 1.165) is 67.4 Å². The molecule has 1 fully saturated rings. The number of likely N-dealkylation sites (tertiary alicyclic amines) is 1. The zero-order chi connectivity index (χ0) is 32.7. The molecule has 0 bridgehead atoms. The molecule has 0 N–H and O–H groups in total. The number of fused-ring (bicyclic) bond motifs is 1. The second-order valence-electron chi connectivity index (χ2n) is 12.0. The van der Waals surface area contributed by atoms with Gasteiger partial charge in [0.2, 0.25) is 0 Å². The molecule has 0 unspecified atom stereocenters. The van der Waals surface area contributed by atoms with E-state index in [1.54, 1.807) is 56.7 Å². The van der Waals surface area contributed by atoms with Gasteiger partial charge >= 0.3 is 0 Å². The van der Waals surface area contributed by atoms with Crippen molar-refractivity contribution in [2.45, 2.75) is 45.4 Å². The topological polar surface area (TPSA) is 97.1 Å². The molecule has 0 saturated carbocycles. The average Bonchev–Trinajstić information content (AvgIpc) is 3.48. The Labute approximate surface area is 280 Å². The fourth-order valence-electron chi connectivity index (χ4n) is 6.35. The largest absolute Gasteiger partial charge is 1.00 e. The van der Waals surface area contributed by atoms with E-state index in [1.165, 1.54) is 26.0 Å². The summed E-state index contributed by atoms with van der Waals surface area (Å²) < 4.78 is 43.3. The monoisotopic (exact) mass is 668 g/mol. The Balaban J connectivity index is 0.00000500. The van der Waals surface area contributed by atoms with Crippen LogP contribution in [-0.4, -0.2) is 74.8 Å². The average molecular weight is 669 g/mol. The number of carbonyl (C=O) groups is 2. The molecule has 0 atom stereocenters. The Kier molecular flexibility index (Phi) is 12.2. The molecule has 0 amide bonds. The van der Waals surface area contributed by atoms with Gasteiger partial charge in [0.1, 0.15) is 5.82 Å². The summed E-state index contributed by atoms with van der Waals surface area (Å²) in [4.78, 5) is 23.6. The summed E-state index contributed by atoms with van der Waals surface area (Å²) in [6.45, 7) is 7.81. The minimum Gasteiger partial charge on any atom is -1.00 e. The first kappa shape index (κ1) is 35.7. The molecule has 252 valence electrons. The lowest BCUT2D eigenvalue weighted by atomic mass is 9.89. The normalized spacial score (nSPS) is 14.3. The van der Waals surface area contributed by atoms with Crippen LogP contribution in [0.15, 0.2) is 59.1 Å². The van der Waals surface area contributed by atoms with E-state index >= 15 is 0 Å². The van der Waals surface area contributed by atoms with Crippen LogP contribution in [-0.2, 0) is 0 Å². The zero-order valence-electron chi connectivity index (χ0n) is 27.4. The number of piperidine rings is 1. The van der Waals surface area contributed by atoms with E-state index in [-0.39, 0.29) is 35.7 Å². The highest BCUT2D eigenvalue weighted by Crippen LogP contribution is 2.36. The Morgan fingerprint density at radius 2 is 1.34 bits per heavy atom. The van der Waals surface area contributed by atoms with Crippen LogP contribution in [0.3, 0.4) is 0 Å². The van der Waals surface area contributed by atoms with Crippen molar-refractivity contribution in [1.82, 2.24) is 5.16 Å². The molecule has 9 nitrogen and oxygen atoms in total. The maximum absolute atomic E-state index is 13.7. The van der Waals surface area contributed by atoms with Crippen molar-refractivity contribution >= 4 is 22.5 Å². The minimum atomic E-state index is -0.334. The third-order valence-electron chi connectivity index (χ3n) is 8.96. The van der Waals surface area contributed by atoms with Crippen LogP contribution in [0.25, 0.3) is 11.0 Å². The van der Waals surface area contributed by atoms with Gasteiger partial charge in [-0.25, -0.2) is 4.39 Å². The molecule has 1 saturated heterocycles. The van der Waals surface area contributed by atoms with Crippen LogP contribution in [0.4, 0.5) is 4.39 Å². The summed E-state index contributed by atoms with van der Waals surface area (Å²) in [6, 6.07) is 15.1. The minimum absolute atomic E-state index is 0. The van der Waals surface area contributed by atoms with Gasteiger partial charge in [-0.3, -0.25) is 9.59 Å². The van der Waals surface area contributed by atoms with Crippen molar-refractivity contribution in [2.75, 3.05) is 53.6 Å². The number of halogens is 2. The van der Waals surface area contributed by atoms with E-state index in [4.69, 9.17) is 23.5 Å². The lowest BCUT2D eigenvalue weighted by Gasteiger charge is -2.43. The lowest BCUT2D eigenvalue weighted by molar-refractivity contribution is -0.933. The number of carbonyl (C=O) groups excluding carboxylic acids is 2. The Bertz CT molecular complexity index is 1610. The van der Waals surface area contributed by atoms with Crippen molar-refractivity contribution in [3.8, 4) is 23.0 Å². The highest BCUT2D eigenvalue weighted by atomic mass is 35.5. The SMILES string of the molecule is COc1cc(C(C)=O)ccc1OCCC[N+]1(CCCOc2ccc(C(C)=O)cc2OC)CCC(c2noc3cc(F)ccc23)CC1.[Cl-]. The maximum atomic E-state index is 13.7. The van der Waals surface area contributed by atoms with Gasteiger partial charge in [0.25, 0.3) is 0 Å². The summed E-state index contributed by atoms with van der Waals surface area (Å²) in [7, 11) is 3.14. The van der Waals surface area contributed by atoms with Gasteiger partial charge in [0.15, 0.2) is 40.1 Å². The van der Waals surface area contributed by atoms with Crippen LogP contribution in [0.1, 0.15) is 71.9 Å². The Morgan fingerprint density at radius 3 is 1.83 bits per heavy atom. The van der Waals surface area contributed by atoms with Gasteiger partial charge in [-0.15, -0.1) is 0 Å². The smallest absolute Gasteiger partial charge is 0.170 e. The van der Waals surface area contributed by atoms with Crippen LogP contribution in [0.2, 0.25) is 0 Å². The first-order valence-corrected chi connectivity index (χ1v) is 15.8. The number of aromatic nitrogens is 1. The molecule has 3 aromatic carbocycles. The standard InChI is InChI=1S/C36H42FN2O7.ClH/c1-24(40)27-7-11-31(34(21-27)42-3)44-19-5-15-39(16-6-20-45-32-12-8-28(25(2)41)22-35(32)43-4)17-13-26(14-18-39)36-30-10-9-29(37)23-33(30)46-38-36;/h7-12,21-23,26H,5-6,13-20H2,1-4H3;1H/q+1;/p-1. The summed E-state index contributed by atoms with van der Waals surface area (Å²) >= 11 is 0.